The highest BCUT2D eigenvalue weighted by Gasteiger charge is 2.29. The second-order valence-corrected chi connectivity index (χ2v) is 9.24. The summed E-state index contributed by atoms with van der Waals surface area (Å²) in [6.07, 6.45) is 13.5. The number of hydrogen-bond acceptors (Lipinski definition) is 8. The molecule has 0 amide bonds. The number of carbonyl (C=O) groups is 1. The molecule has 1 aromatic rings. The van der Waals surface area contributed by atoms with Gasteiger partial charge < -0.3 is 9.87 Å². The summed E-state index contributed by atoms with van der Waals surface area (Å²) in [7, 11) is 0. The molecule has 0 spiro atoms. The molecule has 2 atom stereocenters. The first-order valence-corrected chi connectivity index (χ1v) is 11.9. The monoisotopic (exact) mass is 417 g/mol. The van der Waals surface area contributed by atoms with Crippen molar-refractivity contribution in [3.63, 3.8) is 0 Å². The molecule has 2 aliphatic carbocycles. The van der Waals surface area contributed by atoms with Crippen molar-refractivity contribution in [1.82, 2.24) is 15.0 Å². The van der Waals surface area contributed by atoms with Gasteiger partial charge in [0.25, 0.3) is 0 Å². The van der Waals surface area contributed by atoms with Gasteiger partial charge in [-0.15, -0.1) is 0 Å². The Bertz CT molecular complexity index is 738. The number of nitrogens with one attached hydrogen (secondary N) is 1. The van der Waals surface area contributed by atoms with E-state index in [1.54, 1.807) is 6.20 Å². The third kappa shape index (κ3) is 5.28. The molecular weight excluding hydrogens is 386 g/mol. The van der Waals surface area contributed by atoms with Crippen molar-refractivity contribution in [2.45, 2.75) is 63.8 Å². The second kappa shape index (κ2) is 9.89. The summed E-state index contributed by atoms with van der Waals surface area (Å²) in [4.78, 5) is 21.6. The molecule has 2 fully saturated rings. The van der Waals surface area contributed by atoms with Gasteiger partial charge in [0.05, 0.1) is 5.56 Å². The average molecular weight is 418 g/mol. The summed E-state index contributed by atoms with van der Waals surface area (Å²) in [5.74, 6) is 2.55. The van der Waals surface area contributed by atoms with Crippen molar-refractivity contribution in [2.24, 2.45) is 16.9 Å². The molecule has 2 heterocycles. The van der Waals surface area contributed by atoms with E-state index in [1.807, 2.05) is 0 Å². The van der Waals surface area contributed by atoms with Gasteiger partial charge in [0, 0.05) is 37.5 Å². The molecule has 4 rings (SSSR count). The van der Waals surface area contributed by atoms with Gasteiger partial charge in [0.1, 0.15) is 17.9 Å². The van der Waals surface area contributed by atoms with Gasteiger partial charge in [-0.25, -0.2) is 9.97 Å². The molecule has 2 N–H and O–H groups in total. The van der Waals surface area contributed by atoms with Gasteiger partial charge in [0.2, 0.25) is 5.78 Å². The van der Waals surface area contributed by atoms with Gasteiger partial charge in [-0.2, -0.15) is 5.10 Å². The molecule has 158 valence electrons. The van der Waals surface area contributed by atoms with Gasteiger partial charge in [-0.05, 0) is 56.0 Å². The Morgan fingerprint density at radius 1 is 1.21 bits per heavy atom. The maximum absolute atomic E-state index is 13.1. The lowest BCUT2D eigenvalue weighted by Gasteiger charge is -2.25. The average Bonchev–Trinajstić information content (AvgIpc) is 3.39. The summed E-state index contributed by atoms with van der Waals surface area (Å²) in [6.45, 7) is 1.80. The van der Waals surface area contributed by atoms with Crippen LogP contribution < -0.4 is 5.32 Å². The molecule has 2 saturated carbocycles. The van der Waals surface area contributed by atoms with Gasteiger partial charge in [0.15, 0.2) is 0 Å². The van der Waals surface area contributed by atoms with Crippen LogP contribution in [0.25, 0.3) is 0 Å². The number of carbonyl (C=O) groups excluding carboxylic acids is 1. The number of aromatic nitrogens is 2. The lowest BCUT2D eigenvalue weighted by molar-refractivity contribution is 0.106. The molecule has 0 aromatic carbocycles. The fraction of sp³-hybridized carbons (Fsp3) is 0.714. The Kier molecular flexibility index (Phi) is 7.02. The first-order chi connectivity index (χ1) is 14.2. The summed E-state index contributed by atoms with van der Waals surface area (Å²) in [5.41, 5.74) is 1.14. The Morgan fingerprint density at radius 3 is 2.90 bits per heavy atom. The number of anilines is 1. The molecule has 1 aromatic heterocycles. The van der Waals surface area contributed by atoms with Crippen LogP contribution in [0.4, 0.5) is 5.82 Å². The third-order valence-electron chi connectivity index (χ3n) is 6.47. The maximum atomic E-state index is 13.1. The van der Waals surface area contributed by atoms with E-state index in [4.69, 9.17) is 4.55 Å². The van der Waals surface area contributed by atoms with Crippen molar-refractivity contribution in [1.29, 1.82) is 0 Å². The Labute approximate surface area is 177 Å². The van der Waals surface area contributed by atoms with E-state index in [2.05, 4.69) is 25.4 Å². The lowest BCUT2D eigenvalue weighted by Crippen LogP contribution is -2.24. The minimum absolute atomic E-state index is 0.0558. The minimum atomic E-state index is -0.0558. The predicted molar refractivity (Wildman–Crippen MR) is 116 cm³/mol. The highest BCUT2D eigenvalue weighted by Crippen LogP contribution is 2.31. The summed E-state index contributed by atoms with van der Waals surface area (Å²) >= 11 is 0.917. The number of hydrazone groups is 1. The quantitative estimate of drug-likeness (QED) is 0.486. The largest absolute Gasteiger partial charge is 0.367 e. The van der Waals surface area contributed by atoms with E-state index in [0.717, 1.165) is 50.1 Å². The fourth-order valence-corrected chi connectivity index (χ4v) is 5.40. The van der Waals surface area contributed by atoms with Crippen LogP contribution in [-0.2, 0) is 0 Å². The van der Waals surface area contributed by atoms with E-state index in [-0.39, 0.29) is 11.8 Å². The minimum Gasteiger partial charge on any atom is -0.367 e. The molecule has 1 aliphatic heterocycles. The summed E-state index contributed by atoms with van der Waals surface area (Å²) < 4.78 is 9.08. The molecule has 0 radical (unpaired) electrons. The van der Waals surface area contributed by atoms with Crippen LogP contribution in [0.15, 0.2) is 17.6 Å². The highest BCUT2D eigenvalue weighted by atomic mass is 32.2. The first kappa shape index (κ1) is 20.6. The van der Waals surface area contributed by atoms with Crippen molar-refractivity contribution < 1.29 is 9.35 Å². The molecule has 0 saturated heterocycles. The molecular formula is C21H31N5O2S. The third-order valence-corrected chi connectivity index (χ3v) is 7.09. The summed E-state index contributed by atoms with van der Waals surface area (Å²) in [5, 5.41) is 10.2. The smallest absolute Gasteiger partial charge is 0.214 e. The Balaban J connectivity index is 1.39. The maximum Gasteiger partial charge on any atom is 0.214 e. The van der Waals surface area contributed by atoms with Crippen LogP contribution in [0.1, 0.15) is 68.1 Å². The van der Waals surface area contributed by atoms with E-state index < -0.39 is 0 Å². The van der Waals surface area contributed by atoms with Gasteiger partial charge in [-0.1, -0.05) is 19.3 Å². The highest BCUT2D eigenvalue weighted by molar-refractivity contribution is 7.93. The van der Waals surface area contributed by atoms with Crippen LogP contribution in [-0.4, -0.2) is 55.9 Å². The molecule has 8 heteroatoms. The topological polar surface area (TPSA) is 90.7 Å². The van der Waals surface area contributed by atoms with Crippen molar-refractivity contribution in [3.8, 4) is 0 Å². The van der Waals surface area contributed by atoms with E-state index in [0.29, 0.717) is 35.3 Å². The Morgan fingerprint density at radius 2 is 2.07 bits per heavy atom. The molecule has 0 bridgehead atoms. The van der Waals surface area contributed by atoms with Crippen LogP contribution >= 0.6 is 12.0 Å². The predicted octanol–water partition coefficient (Wildman–Crippen LogP) is 4.09. The number of nitrogens with zero attached hydrogens (tertiary/aromatic N) is 4. The Hall–Kier alpha value is -1.67. The summed E-state index contributed by atoms with van der Waals surface area (Å²) in [6, 6.07) is 0.280. The normalized spacial score (nSPS) is 25.3. The van der Waals surface area contributed by atoms with Crippen molar-refractivity contribution >= 4 is 29.4 Å². The molecule has 7 nitrogen and oxygen atoms in total. The van der Waals surface area contributed by atoms with E-state index >= 15 is 0 Å². The van der Waals surface area contributed by atoms with Crippen LogP contribution in [0, 0.1) is 11.8 Å². The number of ketones is 1. The fourth-order valence-electron chi connectivity index (χ4n) is 4.89. The molecule has 3 aliphatic rings. The van der Waals surface area contributed by atoms with Crippen molar-refractivity contribution in [2.75, 3.05) is 24.2 Å². The van der Waals surface area contributed by atoms with Crippen LogP contribution in [0.3, 0.4) is 0 Å². The number of Topliss-reactive ketones (excluding diaryl/α,β-unsaturated/α-hetero) is 1. The van der Waals surface area contributed by atoms with Gasteiger partial charge in [-0.3, -0.25) is 9.80 Å². The van der Waals surface area contributed by atoms with Crippen LogP contribution in [0.5, 0.6) is 0 Å². The zero-order chi connectivity index (χ0) is 20.1. The standard InChI is InChI=1S/C21H31N5O2S/c27-20(19-8-9-26(25-19)12-15-4-2-1-3-5-15)18-11-22-14-23-21(18)24-17-7-6-16(10-17)13-29-28/h11,14-17,28H,1-10,12-13H2,(H,22,23,24). The van der Waals surface area contributed by atoms with E-state index in [1.165, 1.54) is 38.4 Å². The van der Waals surface area contributed by atoms with Crippen molar-refractivity contribution in [3.05, 3.63) is 18.1 Å². The van der Waals surface area contributed by atoms with Crippen LogP contribution in [0.2, 0.25) is 0 Å². The zero-order valence-corrected chi connectivity index (χ0v) is 17.7. The van der Waals surface area contributed by atoms with Gasteiger partial charge >= 0.3 is 0 Å². The number of hydrogen-bond donors (Lipinski definition) is 2. The second-order valence-electron chi connectivity index (χ2n) is 8.64. The lowest BCUT2D eigenvalue weighted by atomic mass is 9.89. The molecule has 2 unspecified atom stereocenters. The zero-order valence-electron chi connectivity index (χ0n) is 16.9. The van der Waals surface area contributed by atoms with E-state index in [9.17, 15) is 4.79 Å². The molecule has 29 heavy (non-hydrogen) atoms. The SMILES string of the molecule is O=C(C1=NN(CC2CCCCC2)CC1)c1cncnc1NC1CCC(CSO)C1. The first-order valence-electron chi connectivity index (χ1n) is 10.9. The number of rotatable bonds is 8.